The molecular weight excluding hydrogens is 246 g/mol. The van der Waals surface area contributed by atoms with Crippen LogP contribution in [0.15, 0.2) is 28.0 Å². The van der Waals surface area contributed by atoms with Crippen molar-refractivity contribution in [2.45, 2.75) is 22.0 Å². The van der Waals surface area contributed by atoms with Crippen molar-refractivity contribution in [1.29, 1.82) is 0 Å². The molecule has 0 fully saturated rings. The molecule has 0 radical (unpaired) electrons. The summed E-state index contributed by atoms with van der Waals surface area (Å²) in [5.74, 6) is -0.0513. The first kappa shape index (κ1) is 11.5. The molecule has 6 heteroatoms. The SMILES string of the molecule is CC1Sc2cc(S(C)(=O)=O)ccc2NC1=O. The van der Waals surface area contributed by atoms with Gasteiger partial charge in [-0.15, -0.1) is 11.8 Å². The molecule has 1 unspecified atom stereocenters. The summed E-state index contributed by atoms with van der Waals surface area (Å²) in [5.41, 5.74) is 0.681. The van der Waals surface area contributed by atoms with E-state index in [0.717, 1.165) is 4.90 Å². The topological polar surface area (TPSA) is 63.2 Å². The molecule has 16 heavy (non-hydrogen) atoms. The Labute approximate surface area is 98.3 Å². The number of rotatable bonds is 1. The summed E-state index contributed by atoms with van der Waals surface area (Å²) in [6.45, 7) is 1.79. The summed E-state index contributed by atoms with van der Waals surface area (Å²) in [6.07, 6.45) is 1.17. The maximum Gasteiger partial charge on any atom is 0.237 e. The second-order valence-electron chi connectivity index (χ2n) is 3.68. The Bertz CT molecular complexity index is 551. The number of sulfone groups is 1. The van der Waals surface area contributed by atoms with Gasteiger partial charge in [-0.2, -0.15) is 0 Å². The molecule has 1 aliphatic heterocycles. The van der Waals surface area contributed by atoms with Crippen LogP contribution >= 0.6 is 11.8 Å². The van der Waals surface area contributed by atoms with Crippen LogP contribution in [0.4, 0.5) is 5.69 Å². The molecule has 0 saturated carbocycles. The quantitative estimate of drug-likeness (QED) is 0.828. The number of hydrogen-bond donors (Lipinski definition) is 1. The first-order valence-electron chi connectivity index (χ1n) is 4.69. The molecule has 4 nitrogen and oxygen atoms in total. The van der Waals surface area contributed by atoms with Crippen LogP contribution in [0.1, 0.15) is 6.92 Å². The molecule has 1 aromatic carbocycles. The average Bonchev–Trinajstić information content (AvgIpc) is 2.17. The molecule has 1 atom stereocenters. The standard InChI is InChI=1S/C10H11NO3S2/c1-6-10(12)11-8-4-3-7(16(2,13)14)5-9(8)15-6/h3-6H,1-2H3,(H,11,12). The van der Waals surface area contributed by atoms with E-state index in [4.69, 9.17) is 0 Å². The first-order valence-corrected chi connectivity index (χ1v) is 7.46. The Balaban J connectivity index is 2.48. The van der Waals surface area contributed by atoms with Gasteiger partial charge >= 0.3 is 0 Å². The van der Waals surface area contributed by atoms with E-state index >= 15 is 0 Å². The monoisotopic (exact) mass is 257 g/mol. The van der Waals surface area contributed by atoms with E-state index in [0.29, 0.717) is 5.69 Å². The molecule has 86 valence electrons. The van der Waals surface area contributed by atoms with Crippen molar-refractivity contribution >= 4 is 33.2 Å². The molecule has 1 aliphatic rings. The zero-order valence-electron chi connectivity index (χ0n) is 8.85. The van der Waals surface area contributed by atoms with Crippen LogP contribution in [0.25, 0.3) is 0 Å². The Morgan fingerprint density at radius 2 is 2.06 bits per heavy atom. The smallest absolute Gasteiger partial charge is 0.237 e. The Hall–Kier alpha value is -1.01. The third kappa shape index (κ3) is 2.08. The summed E-state index contributed by atoms with van der Waals surface area (Å²) in [4.78, 5) is 12.5. The molecule has 0 bridgehead atoms. The lowest BCUT2D eigenvalue weighted by molar-refractivity contribution is -0.115. The number of hydrogen-bond acceptors (Lipinski definition) is 4. The molecular formula is C10H11NO3S2. The molecule has 0 aliphatic carbocycles. The average molecular weight is 257 g/mol. The van der Waals surface area contributed by atoms with Gasteiger partial charge in [0.05, 0.1) is 15.8 Å². The van der Waals surface area contributed by atoms with Gasteiger partial charge in [0.15, 0.2) is 9.84 Å². The van der Waals surface area contributed by atoms with Gasteiger partial charge in [0.25, 0.3) is 0 Å². The van der Waals surface area contributed by atoms with Crippen molar-refractivity contribution < 1.29 is 13.2 Å². The van der Waals surface area contributed by atoms with E-state index in [1.54, 1.807) is 19.1 Å². The Morgan fingerprint density at radius 3 is 2.69 bits per heavy atom. The predicted molar refractivity (Wildman–Crippen MR) is 63.5 cm³/mol. The van der Waals surface area contributed by atoms with Gasteiger partial charge in [0.2, 0.25) is 5.91 Å². The molecule has 0 aromatic heterocycles. The summed E-state index contributed by atoms with van der Waals surface area (Å²) in [6, 6.07) is 4.73. The highest BCUT2D eigenvalue weighted by Crippen LogP contribution is 2.36. The third-order valence-corrected chi connectivity index (χ3v) is 4.58. The van der Waals surface area contributed by atoms with E-state index in [1.165, 1.54) is 24.1 Å². The van der Waals surface area contributed by atoms with Gasteiger partial charge in [-0.1, -0.05) is 0 Å². The maximum atomic E-state index is 11.4. The number of amides is 1. The number of carbonyl (C=O) groups is 1. The van der Waals surface area contributed by atoms with Crippen LogP contribution in [0.5, 0.6) is 0 Å². The fourth-order valence-electron chi connectivity index (χ4n) is 1.41. The highest BCUT2D eigenvalue weighted by Gasteiger charge is 2.24. The summed E-state index contributed by atoms with van der Waals surface area (Å²) >= 11 is 1.37. The molecule has 1 amide bonds. The highest BCUT2D eigenvalue weighted by molar-refractivity contribution is 8.01. The Morgan fingerprint density at radius 1 is 1.38 bits per heavy atom. The van der Waals surface area contributed by atoms with Gasteiger partial charge in [-0.05, 0) is 25.1 Å². The normalized spacial score (nSPS) is 20.1. The van der Waals surface area contributed by atoms with E-state index in [1.807, 2.05) is 0 Å². The van der Waals surface area contributed by atoms with E-state index in [2.05, 4.69) is 5.32 Å². The molecule has 2 rings (SSSR count). The largest absolute Gasteiger partial charge is 0.324 e. The van der Waals surface area contributed by atoms with E-state index in [9.17, 15) is 13.2 Å². The van der Waals surface area contributed by atoms with E-state index < -0.39 is 9.84 Å². The minimum absolute atomic E-state index is 0.0513. The molecule has 1 N–H and O–H groups in total. The fraction of sp³-hybridized carbons (Fsp3) is 0.300. The lowest BCUT2D eigenvalue weighted by atomic mass is 10.3. The van der Waals surface area contributed by atoms with Crippen LogP contribution in [-0.2, 0) is 14.6 Å². The van der Waals surface area contributed by atoms with Crippen molar-refractivity contribution in [2.75, 3.05) is 11.6 Å². The molecule has 0 saturated heterocycles. The minimum Gasteiger partial charge on any atom is -0.324 e. The summed E-state index contributed by atoms with van der Waals surface area (Å²) < 4.78 is 22.7. The lowest BCUT2D eigenvalue weighted by Crippen LogP contribution is -2.26. The third-order valence-electron chi connectivity index (χ3n) is 2.31. The van der Waals surface area contributed by atoms with Crippen molar-refractivity contribution in [3.63, 3.8) is 0 Å². The van der Waals surface area contributed by atoms with Gasteiger partial charge in [0.1, 0.15) is 0 Å². The van der Waals surface area contributed by atoms with Crippen LogP contribution in [0, 0.1) is 0 Å². The van der Waals surface area contributed by atoms with Gasteiger partial charge in [0, 0.05) is 11.2 Å². The lowest BCUT2D eigenvalue weighted by Gasteiger charge is -2.21. The van der Waals surface area contributed by atoms with Crippen LogP contribution < -0.4 is 5.32 Å². The van der Waals surface area contributed by atoms with Gasteiger partial charge in [-0.3, -0.25) is 4.79 Å². The van der Waals surface area contributed by atoms with Crippen LogP contribution in [0.2, 0.25) is 0 Å². The van der Waals surface area contributed by atoms with Crippen molar-refractivity contribution in [1.82, 2.24) is 0 Å². The van der Waals surface area contributed by atoms with Gasteiger partial charge in [-0.25, -0.2) is 8.42 Å². The Kier molecular flexibility index (Phi) is 2.71. The predicted octanol–water partition coefficient (Wildman–Crippen LogP) is 1.52. The van der Waals surface area contributed by atoms with Crippen LogP contribution in [-0.4, -0.2) is 25.8 Å². The zero-order valence-corrected chi connectivity index (χ0v) is 10.5. The minimum atomic E-state index is -3.19. The number of thioether (sulfide) groups is 1. The number of fused-ring (bicyclic) bond motifs is 1. The molecule has 0 spiro atoms. The first-order chi connectivity index (χ1) is 7.38. The van der Waals surface area contributed by atoms with Crippen molar-refractivity contribution in [3.05, 3.63) is 18.2 Å². The molecule has 1 aromatic rings. The van der Waals surface area contributed by atoms with Crippen molar-refractivity contribution in [2.24, 2.45) is 0 Å². The number of anilines is 1. The number of carbonyl (C=O) groups excluding carboxylic acids is 1. The summed E-state index contributed by atoms with van der Waals surface area (Å²) in [5, 5.41) is 2.54. The van der Waals surface area contributed by atoms with Gasteiger partial charge < -0.3 is 5.32 Å². The maximum absolute atomic E-state index is 11.4. The van der Waals surface area contributed by atoms with E-state index in [-0.39, 0.29) is 16.1 Å². The number of nitrogens with one attached hydrogen (secondary N) is 1. The summed E-state index contributed by atoms with van der Waals surface area (Å²) in [7, 11) is -3.19. The zero-order chi connectivity index (χ0) is 11.9. The fourth-order valence-corrected chi connectivity index (χ4v) is 3.12. The highest BCUT2D eigenvalue weighted by atomic mass is 32.2. The second-order valence-corrected chi connectivity index (χ2v) is 7.08. The van der Waals surface area contributed by atoms with Crippen molar-refractivity contribution in [3.8, 4) is 0 Å². The second kappa shape index (κ2) is 3.78. The molecule has 1 heterocycles. The number of benzene rings is 1. The van der Waals surface area contributed by atoms with Crippen LogP contribution in [0.3, 0.4) is 0 Å².